The standard InChI is InChI=1S/C12H22ClN3O3/c1-12(17,9-14-4-6-18-2)11-10(13)8-15-16(11)5-7-19-3/h8,14,17H,4-7,9H2,1-3H3. The lowest BCUT2D eigenvalue weighted by Crippen LogP contribution is -2.39. The summed E-state index contributed by atoms with van der Waals surface area (Å²) in [5, 5.41) is 18.3. The molecule has 0 aliphatic heterocycles. The monoisotopic (exact) mass is 291 g/mol. The fourth-order valence-corrected chi connectivity index (χ4v) is 2.18. The van der Waals surface area contributed by atoms with E-state index in [2.05, 4.69) is 10.4 Å². The lowest BCUT2D eigenvalue weighted by Gasteiger charge is -2.25. The summed E-state index contributed by atoms with van der Waals surface area (Å²) in [4.78, 5) is 0. The third-order valence-electron chi connectivity index (χ3n) is 2.76. The molecule has 1 unspecified atom stereocenters. The van der Waals surface area contributed by atoms with Gasteiger partial charge in [-0.1, -0.05) is 11.6 Å². The van der Waals surface area contributed by atoms with Gasteiger partial charge in [-0.3, -0.25) is 4.68 Å². The van der Waals surface area contributed by atoms with E-state index in [9.17, 15) is 5.11 Å². The summed E-state index contributed by atoms with van der Waals surface area (Å²) in [7, 11) is 3.26. The number of hydrogen-bond acceptors (Lipinski definition) is 5. The second-order valence-electron chi connectivity index (χ2n) is 4.50. The van der Waals surface area contributed by atoms with Crippen molar-refractivity contribution < 1.29 is 14.6 Å². The lowest BCUT2D eigenvalue weighted by atomic mass is 10.0. The zero-order valence-corrected chi connectivity index (χ0v) is 12.4. The van der Waals surface area contributed by atoms with Gasteiger partial charge >= 0.3 is 0 Å². The number of aromatic nitrogens is 2. The summed E-state index contributed by atoms with van der Waals surface area (Å²) in [6, 6.07) is 0. The number of methoxy groups -OCH3 is 2. The maximum absolute atomic E-state index is 10.5. The van der Waals surface area contributed by atoms with Crippen molar-refractivity contribution in [2.75, 3.05) is 40.5 Å². The van der Waals surface area contributed by atoms with E-state index >= 15 is 0 Å². The van der Waals surface area contributed by atoms with Gasteiger partial charge in [0.25, 0.3) is 0 Å². The Labute approximate surface area is 118 Å². The molecule has 0 bridgehead atoms. The van der Waals surface area contributed by atoms with Crippen LogP contribution in [0.3, 0.4) is 0 Å². The fraction of sp³-hybridized carbons (Fsp3) is 0.750. The summed E-state index contributed by atoms with van der Waals surface area (Å²) in [6.45, 7) is 4.39. The summed E-state index contributed by atoms with van der Waals surface area (Å²) in [5.41, 5.74) is -0.508. The maximum atomic E-state index is 10.5. The van der Waals surface area contributed by atoms with Gasteiger partial charge in [-0.2, -0.15) is 5.10 Å². The Morgan fingerprint density at radius 3 is 2.74 bits per heavy atom. The smallest absolute Gasteiger partial charge is 0.117 e. The minimum Gasteiger partial charge on any atom is -0.383 e. The van der Waals surface area contributed by atoms with Crippen LogP contribution in [0.25, 0.3) is 0 Å². The Bertz CT molecular complexity index is 382. The van der Waals surface area contributed by atoms with E-state index in [1.165, 1.54) is 6.20 Å². The van der Waals surface area contributed by atoms with Gasteiger partial charge in [-0.15, -0.1) is 0 Å². The highest BCUT2D eigenvalue weighted by Gasteiger charge is 2.29. The van der Waals surface area contributed by atoms with E-state index in [1.807, 2.05) is 0 Å². The van der Waals surface area contributed by atoms with Crippen LogP contribution in [0.2, 0.25) is 5.02 Å². The molecule has 19 heavy (non-hydrogen) atoms. The molecule has 6 nitrogen and oxygen atoms in total. The predicted octanol–water partition coefficient (Wildman–Crippen LogP) is 0.626. The lowest BCUT2D eigenvalue weighted by molar-refractivity contribution is 0.0441. The minimum absolute atomic E-state index is 0.370. The first-order valence-electron chi connectivity index (χ1n) is 6.15. The number of ether oxygens (including phenoxy) is 2. The molecule has 1 aromatic heterocycles. The highest BCUT2D eigenvalue weighted by Crippen LogP contribution is 2.27. The summed E-state index contributed by atoms with van der Waals surface area (Å²) >= 11 is 6.11. The van der Waals surface area contributed by atoms with E-state index in [0.717, 1.165) is 0 Å². The van der Waals surface area contributed by atoms with Crippen molar-refractivity contribution >= 4 is 11.6 Å². The molecular formula is C12H22ClN3O3. The van der Waals surface area contributed by atoms with Crippen molar-refractivity contribution in [3.63, 3.8) is 0 Å². The van der Waals surface area contributed by atoms with Crippen LogP contribution in [-0.4, -0.2) is 55.4 Å². The van der Waals surface area contributed by atoms with Crippen LogP contribution in [-0.2, 0) is 21.6 Å². The molecule has 7 heteroatoms. The van der Waals surface area contributed by atoms with Crippen LogP contribution in [0.15, 0.2) is 6.20 Å². The number of nitrogens with one attached hydrogen (secondary N) is 1. The molecule has 0 fully saturated rings. The SMILES string of the molecule is COCCNCC(C)(O)c1c(Cl)cnn1CCOC. The van der Waals surface area contributed by atoms with Crippen molar-refractivity contribution in [3.8, 4) is 0 Å². The molecule has 1 aromatic rings. The molecule has 0 amide bonds. The van der Waals surface area contributed by atoms with E-state index in [1.54, 1.807) is 25.8 Å². The number of rotatable bonds is 9. The third-order valence-corrected chi connectivity index (χ3v) is 3.04. The Morgan fingerprint density at radius 2 is 2.11 bits per heavy atom. The molecule has 1 atom stereocenters. The highest BCUT2D eigenvalue weighted by atomic mass is 35.5. The Morgan fingerprint density at radius 1 is 1.42 bits per heavy atom. The Hall–Kier alpha value is -0.660. The van der Waals surface area contributed by atoms with Crippen LogP contribution in [0.5, 0.6) is 0 Å². The largest absolute Gasteiger partial charge is 0.383 e. The highest BCUT2D eigenvalue weighted by molar-refractivity contribution is 6.31. The molecule has 0 aliphatic carbocycles. The van der Waals surface area contributed by atoms with E-state index in [4.69, 9.17) is 21.1 Å². The molecule has 0 aromatic carbocycles. The van der Waals surface area contributed by atoms with Crippen LogP contribution < -0.4 is 5.32 Å². The normalized spacial score (nSPS) is 14.6. The van der Waals surface area contributed by atoms with Gasteiger partial charge < -0.3 is 19.9 Å². The molecule has 0 radical (unpaired) electrons. The van der Waals surface area contributed by atoms with Crippen molar-refractivity contribution in [1.29, 1.82) is 0 Å². The van der Waals surface area contributed by atoms with Crippen molar-refractivity contribution in [2.24, 2.45) is 0 Å². The molecule has 0 spiro atoms. The molecule has 110 valence electrons. The van der Waals surface area contributed by atoms with Crippen LogP contribution in [0.4, 0.5) is 0 Å². The van der Waals surface area contributed by atoms with Gasteiger partial charge in [-0.05, 0) is 6.92 Å². The van der Waals surface area contributed by atoms with Crippen LogP contribution in [0.1, 0.15) is 12.6 Å². The van der Waals surface area contributed by atoms with Gasteiger partial charge in [0.2, 0.25) is 0 Å². The maximum Gasteiger partial charge on any atom is 0.117 e. The summed E-state index contributed by atoms with van der Waals surface area (Å²) in [5.74, 6) is 0. The molecular weight excluding hydrogens is 270 g/mol. The summed E-state index contributed by atoms with van der Waals surface area (Å²) in [6.07, 6.45) is 1.54. The first-order chi connectivity index (χ1) is 9.03. The van der Waals surface area contributed by atoms with Gasteiger partial charge in [0.15, 0.2) is 0 Å². The third kappa shape index (κ3) is 4.74. The van der Waals surface area contributed by atoms with E-state index < -0.39 is 5.60 Å². The molecule has 1 rings (SSSR count). The summed E-state index contributed by atoms with van der Waals surface area (Å²) < 4.78 is 11.6. The number of halogens is 1. The average molecular weight is 292 g/mol. The van der Waals surface area contributed by atoms with Gasteiger partial charge in [0.1, 0.15) is 5.60 Å². The molecule has 0 aliphatic rings. The molecule has 2 N–H and O–H groups in total. The molecule has 0 saturated carbocycles. The van der Waals surface area contributed by atoms with Crippen molar-refractivity contribution in [3.05, 3.63) is 16.9 Å². The predicted molar refractivity (Wildman–Crippen MR) is 73.4 cm³/mol. The second kappa shape index (κ2) is 7.81. The van der Waals surface area contributed by atoms with Gasteiger partial charge in [0.05, 0.1) is 36.7 Å². The van der Waals surface area contributed by atoms with Gasteiger partial charge in [-0.25, -0.2) is 0 Å². The van der Waals surface area contributed by atoms with Crippen LogP contribution >= 0.6 is 11.6 Å². The average Bonchev–Trinajstić information content (AvgIpc) is 2.74. The number of nitrogens with zero attached hydrogens (tertiary/aromatic N) is 2. The second-order valence-corrected chi connectivity index (χ2v) is 4.91. The molecule has 1 heterocycles. The van der Waals surface area contributed by atoms with Crippen molar-refractivity contribution in [2.45, 2.75) is 19.1 Å². The topological polar surface area (TPSA) is 68.5 Å². The van der Waals surface area contributed by atoms with Crippen molar-refractivity contribution in [1.82, 2.24) is 15.1 Å². The first-order valence-corrected chi connectivity index (χ1v) is 6.53. The van der Waals surface area contributed by atoms with Gasteiger partial charge in [0, 0.05) is 27.3 Å². The first kappa shape index (κ1) is 16.4. The zero-order chi connectivity index (χ0) is 14.3. The minimum atomic E-state index is -1.10. The van der Waals surface area contributed by atoms with Crippen LogP contribution in [0, 0.1) is 0 Å². The van der Waals surface area contributed by atoms with E-state index in [-0.39, 0.29) is 0 Å². The molecule has 0 saturated heterocycles. The zero-order valence-electron chi connectivity index (χ0n) is 11.6. The number of hydrogen-bond donors (Lipinski definition) is 2. The quantitative estimate of drug-likeness (QED) is 0.653. The fourth-order valence-electron chi connectivity index (χ4n) is 1.83. The van der Waals surface area contributed by atoms with E-state index in [0.29, 0.717) is 43.6 Å². The number of aliphatic hydroxyl groups is 1. The Balaban J connectivity index is 2.72. The Kier molecular flexibility index (Phi) is 6.74.